The molecule has 3 rings (SSSR count). The monoisotopic (exact) mass is 306 g/mol. The van der Waals surface area contributed by atoms with Crippen molar-refractivity contribution in [1.82, 2.24) is 20.3 Å². The van der Waals surface area contributed by atoms with E-state index in [-0.39, 0.29) is 5.91 Å². The van der Waals surface area contributed by atoms with Crippen molar-refractivity contribution in [3.8, 4) is 0 Å². The third kappa shape index (κ3) is 4.03. The molecule has 1 N–H and O–H groups in total. The second-order valence-corrected chi connectivity index (χ2v) is 5.46. The number of aryl methyl sites for hydroxylation is 1. The molecule has 0 atom stereocenters. The van der Waals surface area contributed by atoms with Gasteiger partial charge in [0.1, 0.15) is 0 Å². The second kappa shape index (κ2) is 6.87. The molecular formula is C18H18N4O. The molecule has 0 aliphatic heterocycles. The zero-order valence-corrected chi connectivity index (χ0v) is 12.9. The molecule has 0 aliphatic carbocycles. The SMILES string of the molecule is Cc1cccc(CNC(=O)c2cn(Cc3ccccc3)nn2)c1. The average Bonchev–Trinajstić information content (AvgIpc) is 3.02. The van der Waals surface area contributed by atoms with E-state index in [4.69, 9.17) is 0 Å². The molecule has 0 spiro atoms. The minimum Gasteiger partial charge on any atom is -0.347 e. The Bertz CT molecular complexity index is 796. The first-order valence-electron chi connectivity index (χ1n) is 7.48. The molecule has 1 amide bonds. The van der Waals surface area contributed by atoms with Crippen LogP contribution in [0.15, 0.2) is 60.8 Å². The van der Waals surface area contributed by atoms with Gasteiger partial charge >= 0.3 is 0 Å². The first kappa shape index (κ1) is 15.0. The minimum atomic E-state index is -0.217. The van der Waals surface area contributed by atoms with Crippen molar-refractivity contribution < 1.29 is 4.79 Å². The fourth-order valence-corrected chi connectivity index (χ4v) is 2.35. The van der Waals surface area contributed by atoms with Gasteiger partial charge in [0, 0.05) is 6.54 Å². The van der Waals surface area contributed by atoms with Gasteiger partial charge in [-0.15, -0.1) is 5.10 Å². The number of carbonyl (C=O) groups excluding carboxylic acids is 1. The van der Waals surface area contributed by atoms with Crippen molar-refractivity contribution in [2.45, 2.75) is 20.0 Å². The molecule has 2 aromatic carbocycles. The maximum Gasteiger partial charge on any atom is 0.273 e. The summed E-state index contributed by atoms with van der Waals surface area (Å²) in [7, 11) is 0. The maximum atomic E-state index is 12.1. The summed E-state index contributed by atoms with van der Waals surface area (Å²) in [5, 5.41) is 10.8. The largest absolute Gasteiger partial charge is 0.347 e. The molecule has 0 unspecified atom stereocenters. The number of nitrogens with zero attached hydrogens (tertiary/aromatic N) is 3. The van der Waals surface area contributed by atoms with Gasteiger partial charge in [-0.2, -0.15) is 0 Å². The van der Waals surface area contributed by atoms with Gasteiger partial charge in [-0.25, -0.2) is 4.68 Å². The summed E-state index contributed by atoms with van der Waals surface area (Å²) < 4.78 is 1.66. The highest BCUT2D eigenvalue weighted by molar-refractivity contribution is 5.91. The van der Waals surface area contributed by atoms with Crippen molar-refractivity contribution in [3.05, 3.63) is 83.2 Å². The lowest BCUT2D eigenvalue weighted by molar-refractivity contribution is 0.0946. The van der Waals surface area contributed by atoms with Gasteiger partial charge in [0.15, 0.2) is 5.69 Å². The van der Waals surface area contributed by atoms with Gasteiger partial charge in [0.2, 0.25) is 0 Å². The van der Waals surface area contributed by atoms with E-state index in [1.54, 1.807) is 10.9 Å². The highest BCUT2D eigenvalue weighted by atomic mass is 16.2. The van der Waals surface area contributed by atoms with Crippen molar-refractivity contribution in [1.29, 1.82) is 0 Å². The fraction of sp³-hybridized carbons (Fsp3) is 0.167. The Labute approximate surface area is 135 Å². The molecule has 0 saturated carbocycles. The highest BCUT2D eigenvalue weighted by Gasteiger charge is 2.10. The van der Waals surface area contributed by atoms with Gasteiger partial charge < -0.3 is 5.32 Å². The Morgan fingerprint density at radius 1 is 1.09 bits per heavy atom. The lowest BCUT2D eigenvalue weighted by Gasteiger charge is -2.04. The Morgan fingerprint density at radius 2 is 1.87 bits per heavy atom. The fourth-order valence-electron chi connectivity index (χ4n) is 2.35. The Hall–Kier alpha value is -2.95. The second-order valence-electron chi connectivity index (χ2n) is 5.46. The molecule has 3 aromatic rings. The summed E-state index contributed by atoms with van der Waals surface area (Å²) in [5.74, 6) is -0.217. The van der Waals surface area contributed by atoms with Gasteiger partial charge in [-0.05, 0) is 18.1 Å². The molecule has 0 aliphatic rings. The predicted octanol–water partition coefficient (Wildman–Crippen LogP) is 2.56. The van der Waals surface area contributed by atoms with E-state index in [1.165, 1.54) is 5.56 Å². The predicted molar refractivity (Wildman–Crippen MR) is 87.9 cm³/mol. The molecule has 1 heterocycles. The number of carbonyl (C=O) groups is 1. The van der Waals surface area contributed by atoms with Gasteiger partial charge in [-0.3, -0.25) is 4.79 Å². The molecule has 0 saturated heterocycles. The lowest BCUT2D eigenvalue weighted by Crippen LogP contribution is -2.23. The number of nitrogens with one attached hydrogen (secondary N) is 1. The standard InChI is InChI=1S/C18H18N4O/c1-14-6-5-9-16(10-14)11-19-18(23)17-13-22(21-20-17)12-15-7-3-2-4-8-15/h2-10,13H,11-12H2,1H3,(H,19,23). The van der Waals surface area contributed by atoms with Gasteiger partial charge in [0.25, 0.3) is 5.91 Å². The first-order chi connectivity index (χ1) is 11.2. The number of hydrogen-bond donors (Lipinski definition) is 1. The normalized spacial score (nSPS) is 10.5. The van der Waals surface area contributed by atoms with Crippen LogP contribution in [0.2, 0.25) is 0 Å². The summed E-state index contributed by atoms with van der Waals surface area (Å²) >= 11 is 0. The first-order valence-corrected chi connectivity index (χ1v) is 7.48. The van der Waals surface area contributed by atoms with E-state index in [0.29, 0.717) is 18.8 Å². The van der Waals surface area contributed by atoms with Gasteiger partial charge in [0.05, 0.1) is 12.7 Å². The molecule has 0 bridgehead atoms. The van der Waals surface area contributed by atoms with Crippen LogP contribution >= 0.6 is 0 Å². The topological polar surface area (TPSA) is 59.8 Å². The zero-order valence-electron chi connectivity index (χ0n) is 12.9. The number of amides is 1. The smallest absolute Gasteiger partial charge is 0.273 e. The van der Waals surface area contributed by atoms with Crippen LogP contribution < -0.4 is 5.32 Å². The van der Waals surface area contributed by atoms with Crippen molar-refractivity contribution in [2.75, 3.05) is 0 Å². The summed E-state index contributed by atoms with van der Waals surface area (Å²) in [4.78, 5) is 12.1. The van der Waals surface area contributed by atoms with E-state index in [2.05, 4.69) is 15.6 Å². The van der Waals surface area contributed by atoms with Crippen LogP contribution in [0, 0.1) is 6.92 Å². The summed E-state index contributed by atoms with van der Waals surface area (Å²) in [6.07, 6.45) is 1.67. The summed E-state index contributed by atoms with van der Waals surface area (Å²) in [6.45, 7) is 3.10. The Kier molecular flexibility index (Phi) is 4.47. The van der Waals surface area contributed by atoms with Crippen molar-refractivity contribution >= 4 is 5.91 Å². The number of benzene rings is 2. The van der Waals surface area contributed by atoms with E-state index in [9.17, 15) is 4.79 Å². The van der Waals surface area contributed by atoms with Crippen LogP contribution in [-0.4, -0.2) is 20.9 Å². The van der Waals surface area contributed by atoms with E-state index in [0.717, 1.165) is 11.1 Å². The van der Waals surface area contributed by atoms with Crippen molar-refractivity contribution in [2.24, 2.45) is 0 Å². The molecule has 5 nitrogen and oxygen atoms in total. The minimum absolute atomic E-state index is 0.217. The molecule has 0 radical (unpaired) electrons. The molecule has 0 fully saturated rings. The van der Waals surface area contributed by atoms with E-state index < -0.39 is 0 Å². The summed E-state index contributed by atoms with van der Waals surface area (Å²) in [5.41, 5.74) is 3.68. The van der Waals surface area contributed by atoms with Crippen LogP contribution in [-0.2, 0) is 13.1 Å². The van der Waals surface area contributed by atoms with Crippen molar-refractivity contribution in [3.63, 3.8) is 0 Å². The van der Waals surface area contributed by atoms with Crippen LogP contribution in [0.25, 0.3) is 0 Å². The van der Waals surface area contributed by atoms with Crippen LogP contribution in [0.1, 0.15) is 27.2 Å². The lowest BCUT2D eigenvalue weighted by atomic mass is 10.1. The number of aromatic nitrogens is 3. The van der Waals surface area contributed by atoms with E-state index >= 15 is 0 Å². The molecule has 23 heavy (non-hydrogen) atoms. The Morgan fingerprint density at radius 3 is 2.65 bits per heavy atom. The molecule has 5 heteroatoms. The maximum absolute atomic E-state index is 12.1. The molecule has 116 valence electrons. The third-order valence-electron chi connectivity index (χ3n) is 3.49. The third-order valence-corrected chi connectivity index (χ3v) is 3.49. The summed E-state index contributed by atoms with van der Waals surface area (Å²) in [6, 6.07) is 18.0. The van der Waals surface area contributed by atoms with Crippen LogP contribution in [0.5, 0.6) is 0 Å². The van der Waals surface area contributed by atoms with E-state index in [1.807, 2.05) is 61.5 Å². The van der Waals surface area contributed by atoms with Crippen LogP contribution in [0.3, 0.4) is 0 Å². The molecular weight excluding hydrogens is 288 g/mol. The van der Waals surface area contributed by atoms with Crippen LogP contribution in [0.4, 0.5) is 0 Å². The number of hydrogen-bond acceptors (Lipinski definition) is 3. The Balaban J connectivity index is 1.60. The number of rotatable bonds is 5. The highest BCUT2D eigenvalue weighted by Crippen LogP contribution is 2.05. The quantitative estimate of drug-likeness (QED) is 0.788. The molecule has 1 aromatic heterocycles. The zero-order chi connectivity index (χ0) is 16.1. The average molecular weight is 306 g/mol. The van der Waals surface area contributed by atoms with Gasteiger partial charge in [-0.1, -0.05) is 65.4 Å².